The summed E-state index contributed by atoms with van der Waals surface area (Å²) >= 11 is 8.55. The number of nitrogens with one attached hydrogen (secondary N) is 1. The molecule has 1 aromatic heterocycles. The van der Waals surface area contributed by atoms with E-state index in [1.807, 2.05) is 13.0 Å². The Balaban J connectivity index is 1.41. The van der Waals surface area contributed by atoms with Gasteiger partial charge in [-0.1, -0.05) is 12.1 Å². The maximum atomic E-state index is 12.8. The molecule has 9 nitrogen and oxygen atoms in total. The molecule has 0 bridgehead atoms. The van der Waals surface area contributed by atoms with E-state index < -0.39 is 7.82 Å². The van der Waals surface area contributed by atoms with Gasteiger partial charge in [-0.3, -0.25) is 14.6 Å². The van der Waals surface area contributed by atoms with Crippen molar-refractivity contribution < 1.29 is 28.5 Å². The second kappa shape index (κ2) is 11.2. The summed E-state index contributed by atoms with van der Waals surface area (Å²) in [5.41, 5.74) is 3.23. The first-order chi connectivity index (χ1) is 18.4. The molecule has 5 atom stereocenters. The number of thiazole rings is 1. The van der Waals surface area contributed by atoms with Crippen LogP contribution in [0, 0.1) is 30.1 Å². The molecule has 1 amide bonds. The van der Waals surface area contributed by atoms with E-state index in [4.69, 9.17) is 9.36 Å². The molecule has 2 fully saturated rings. The minimum Gasteiger partial charge on any atom is -0.402 e. The molecule has 0 radical (unpaired) electrons. The number of benzene rings is 1. The van der Waals surface area contributed by atoms with Gasteiger partial charge in [0.05, 0.1) is 14.7 Å². The largest absolute Gasteiger partial charge is 0.524 e. The lowest BCUT2D eigenvalue weighted by atomic mass is 9.54. The molecule has 0 spiro atoms. The second-order valence-electron chi connectivity index (χ2n) is 11.0. The Morgan fingerprint density at radius 2 is 2.13 bits per heavy atom. The Hall–Kier alpha value is -1.30. The van der Waals surface area contributed by atoms with Crippen molar-refractivity contribution in [2.24, 2.45) is 28.3 Å². The number of hydrogen-bond acceptors (Lipinski definition) is 7. The van der Waals surface area contributed by atoms with Crippen molar-refractivity contribution in [1.82, 2.24) is 4.98 Å². The van der Waals surface area contributed by atoms with Gasteiger partial charge in [0, 0.05) is 22.9 Å². The summed E-state index contributed by atoms with van der Waals surface area (Å²) < 4.78 is 17.7. The predicted molar refractivity (Wildman–Crippen MR) is 157 cm³/mol. The van der Waals surface area contributed by atoms with Crippen molar-refractivity contribution >= 4 is 67.8 Å². The first-order valence-corrected chi connectivity index (χ1v) is 16.9. The summed E-state index contributed by atoms with van der Waals surface area (Å²) in [5.74, 6) is 1.44. The van der Waals surface area contributed by atoms with E-state index in [1.54, 1.807) is 13.3 Å². The van der Waals surface area contributed by atoms with Crippen LogP contribution in [-0.2, 0) is 20.6 Å². The van der Waals surface area contributed by atoms with Crippen molar-refractivity contribution in [2.45, 2.75) is 64.7 Å². The summed E-state index contributed by atoms with van der Waals surface area (Å²) in [7, 11) is -3.12. The third kappa shape index (κ3) is 5.75. The average Bonchev–Trinajstić information content (AvgIpc) is 3.39. The normalized spacial score (nSPS) is 28.9. The fraction of sp³-hybridized carbons (Fsp3) is 0.577. The standard InChI is InChI=1S/C26H32Br2N3O6PS/c1-13-12-29-25(39-13)30-21(32)7-4-14-10-20(31-36-3)26(2)9-8-15-16(22(14)26)5-6-17-18(15)11-19(27)24(23(17)28)37-38(33,34)35/h11-12,14-16,22H,4-10H2,1-3H3,(H,29,30,32)(H2,33,34,35). The summed E-state index contributed by atoms with van der Waals surface area (Å²) in [4.78, 5) is 42.2. The smallest absolute Gasteiger partial charge is 0.402 e. The van der Waals surface area contributed by atoms with Gasteiger partial charge in [-0.2, -0.15) is 0 Å². The highest BCUT2D eigenvalue weighted by molar-refractivity contribution is 9.11. The van der Waals surface area contributed by atoms with Gasteiger partial charge < -0.3 is 14.7 Å². The molecule has 2 saturated carbocycles. The molecule has 1 heterocycles. The average molecular weight is 705 g/mol. The third-order valence-electron chi connectivity index (χ3n) is 8.77. The highest BCUT2D eigenvalue weighted by Gasteiger charge is 2.58. The Morgan fingerprint density at radius 3 is 2.79 bits per heavy atom. The first-order valence-electron chi connectivity index (χ1n) is 13.0. The van der Waals surface area contributed by atoms with Crippen LogP contribution in [0.5, 0.6) is 5.75 Å². The number of halogens is 2. The summed E-state index contributed by atoms with van der Waals surface area (Å²) in [5, 5.41) is 8.06. The van der Waals surface area contributed by atoms with Gasteiger partial charge in [-0.05, 0) is 118 Å². The molecule has 2 aromatic rings. The quantitative estimate of drug-likeness (QED) is 0.210. The number of phosphoric ester groups is 1. The number of rotatable bonds is 7. The molecule has 0 saturated heterocycles. The number of anilines is 1. The fourth-order valence-corrected chi connectivity index (χ4v) is 10.2. The van der Waals surface area contributed by atoms with Crippen molar-refractivity contribution in [1.29, 1.82) is 0 Å². The Labute approximate surface area is 248 Å². The van der Waals surface area contributed by atoms with Crippen molar-refractivity contribution in [2.75, 3.05) is 12.4 Å². The Morgan fingerprint density at radius 1 is 1.36 bits per heavy atom. The lowest BCUT2D eigenvalue weighted by Gasteiger charge is -2.50. The van der Waals surface area contributed by atoms with E-state index >= 15 is 0 Å². The number of amides is 1. The first kappa shape index (κ1) is 29.2. The molecule has 39 heavy (non-hydrogen) atoms. The molecule has 13 heteroatoms. The maximum absolute atomic E-state index is 12.8. The van der Waals surface area contributed by atoms with E-state index in [0.717, 1.165) is 54.7 Å². The van der Waals surface area contributed by atoms with Gasteiger partial charge in [0.15, 0.2) is 10.9 Å². The topological polar surface area (TPSA) is 130 Å². The number of carbonyl (C=O) groups excluding carboxylic acids is 1. The van der Waals surface area contributed by atoms with Gasteiger partial charge in [-0.25, -0.2) is 9.55 Å². The van der Waals surface area contributed by atoms with E-state index in [2.05, 4.69) is 54.2 Å². The lowest BCUT2D eigenvalue weighted by molar-refractivity contribution is -0.116. The summed E-state index contributed by atoms with van der Waals surface area (Å²) in [6.07, 6.45) is 7.40. The highest BCUT2D eigenvalue weighted by Crippen LogP contribution is 2.63. The number of nitrogens with zero attached hydrogens (tertiary/aromatic N) is 2. The molecule has 3 N–H and O–H groups in total. The van der Waals surface area contributed by atoms with Crippen LogP contribution in [0.1, 0.15) is 67.4 Å². The Bertz CT molecular complexity index is 1360. The van der Waals surface area contributed by atoms with Crippen LogP contribution >= 0.6 is 51.0 Å². The molecule has 3 aliphatic carbocycles. The molecular weight excluding hydrogens is 673 g/mol. The molecular formula is C26H32Br2N3O6PS. The zero-order valence-electron chi connectivity index (χ0n) is 21.9. The van der Waals surface area contributed by atoms with Crippen LogP contribution in [0.3, 0.4) is 0 Å². The highest BCUT2D eigenvalue weighted by atomic mass is 79.9. The molecule has 3 aliphatic rings. The number of aromatic nitrogens is 1. The third-order valence-corrected chi connectivity index (χ3v) is 11.4. The van der Waals surface area contributed by atoms with E-state index in [-0.39, 0.29) is 17.1 Å². The number of oxime groups is 1. The molecule has 5 unspecified atom stereocenters. The maximum Gasteiger partial charge on any atom is 0.524 e. The van der Waals surface area contributed by atoms with Crippen LogP contribution in [0.15, 0.2) is 26.4 Å². The van der Waals surface area contributed by atoms with Crippen LogP contribution in [0.25, 0.3) is 0 Å². The van der Waals surface area contributed by atoms with Gasteiger partial charge in [0.25, 0.3) is 0 Å². The fourth-order valence-electron chi connectivity index (χ4n) is 7.34. The number of carbonyl (C=O) groups is 1. The second-order valence-corrected chi connectivity index (χ2v) is 15.0. The van der Waals surface area contributed by atoms with Crippen LogP contribution in [0.4, 0.5) is 5.13 Å². The van der Waals surface area contributed by atoms with Crippen molar-refractivity contribution in [3.63, 3.8) is 0 Å². The minimum atomic E-state index is -4.71. The summed E-state index contributed by atoms with van der Waals surface area (Å²) in [6, 6.07) is 1.97. The minimum absolute atomic E-state index is 0.0185. The molecule has 1 aromatic carbocycles. The van der Waals surface area contributed by atoms with Gasteiger partial charge in [-0.15, -0.1) is 11.3 Å². The predicted octanol–water partition coefficient (Wildman–Crippen LogP) is 6.95. The zero-order valence-corrected chi connectivity index (χ0v) is 26.8. The number of aryl methyl sites for hydroxylation is 1. The SMILES string of the molecule is CON=C1CC(CCC(=O)Nc2ncc(C)s2)C2C3CCc4c(cc(Br)c(OP(=O)(O)O)c4Br)C3CCC12C. The zero-order chi connectivity index (χ0) is 28.1. The number of phosphoric acid groups is 1. The van der Waals surface area contributed by atoms with Gasteiger partial charge in [0.1, 0.15) is 7.11 Å². The van der Waals surface area contributed by atoms with E-state index in [0.29, 0.717) is 44.2 Å². The number of fused-ring (bicyclic) bond motifs is 5. The van der Waals surface area contributed by atoms with E-state index in [1.165, 1.54) is 16.9 Å². The van der Waals surface area contributed by atoms with Crippen LogP contribution in [-0.4, -0.2) is 33.5 Å². The van der Waals surface area contributed by atoms with E-state index in [9.17, 15) is 19.1 Å². The van der Waals surface area contributed by atoms with Crippen molar-refractivity contribution in [3.05, 3.63) is 37.2 Å². The summed E-state index contributed by atoms with van der Waals surface area (Å²) in [6.45, 7) is 4.27. The molecule has 5 rings (SSSR count). The molecule has 0 aliphatic heterocycles. The molecule has 212 valence electrons. The van der Waals surface area contributed by atoms with Gasteiger partial charge in [0.2, 0.25) is 5.91 Å². The monoisotopic (exact) mass is 703 g/mol. The lowest BCUT2D eigenvalue weighted by Crippen LogP contribution is -2.44. The Kier molecular flexibility index (Phi) is 8.37. The van der Waals surface area contributed by atoms with Crippen LogP contribution in [0.2, 0.25) is 0 Å². The van der Waals surface area contributed by atoms with Crippen molar-refractivity contribution in [3.8, 4) is 5.75 Å². The van der Waals surface area contributed by atoms with Crippen LogP contribution < -0.4 is 9.84 Å². The number of hydrogen-bond donors (Lipinski definition) is 3. The van der Waals surface area contributed by atoms with Gasteiger partial charge >= 0.3 is 7.82 Å².